The molecule has 3 aromatic rings. The van der Waals surface area contributed by atoms with Crippen LogP contribution >= 0.6 is 22.9 Å². The van der Waals surface area contributed by atoms with Crippen molar-refractivity contribution in [3.8, 4) is 10.4 Å². The van der Waals surface area contributed by atoms with Gasteiger partial charge in [0.2, 0.25) is 0 Å². The van der Waals surface area contributed by atoms with E-state index in [1.807, 2.05) is 38.1 Å². The van der Waals surface area contributed by atoms with E-state index in [9.17, 15) is 14.0 Å². The number of carbonyl (C=O) groups is 2. The molecule has 0 saturated carbocycles. The van der Waals surface area contributed by atoms with Crippen molar-refractivity contribution in [2.75, 3.05) is 0 Å². The summed E-state index contributed by atoms with van der Waals surface area (Å²) in [5.74, 6) is -1.36. The van der Waals surface area contributed by atoms with Gasteiger partial charge < -0.3 is 14.2 Å². The number of hydrogen-bond donors (Lipinski definition) is 0. The molecule has 0 bridgehead atoms. The molecule has 1 saturated heterocycles. The minimum Gasteiger partial charge on any atom is -0.458 e. The summed E-state index contributed by atoms with van der Waals surface area (Å²) in [7, 11) is 0. The molecule has 0 spiro atoms. The first-order valence-corrected chi connectivity index (χ1v) is 12.9. The zero-order chi connectivity index (χ0) is 26.0. The van der Waals surface area contributed by atoms with Crippen molar-refractivity contribution >= 4 is 34.9 Å². The van der Waals surface area contributed by atoms with Crippen molar-refractivity contribution in [3.05, 3.63) is 81.4 Å². The van der Waals surface area contributed by atoms with Gasteiger partial charge in [-0.3, -0.25) is 9.59 Å². The third-order valence-electron chi connectivity index (χ3n) is 6.40. The molecular weight excluding hydrogens is 503 g/mol. The average molecular weight is 531 g/mol. The monoisotopic (exact) mass is 530 g/mol. The van der Waals surface area contributed by atoms with E-state index in [2.05, 4.69) is 0 Å². The molecule has 1 aliphatic rings. The normalized spacial score (nSPS) is 23.8. The lowest BCUT2D eigenvalue weighted by Gasteiger charge is -2.43. The summed E-state index contributed by atoms with van der Waals surface area (Å²) >= 11 is 8.18. The Hall–Kier alpha value is -2.74. The highest BCUT2D eigenvalue weighted by atomic mass is 35.5. The highest BCUT2D eigenvalue weighted by Crippen LogP contribution is 2.40. The number of esters is 2. The standard InChI is InChI=1S/C28H28ClFO5S/c1-15-16(2)33-27(28(35-18(4)32)26(15)34-17(3)31)20-7-11-24(29)21(13-20)14-23-10-12-25(36-23)19-5-8-22(30)9-6-19/h5-13,15-16,26-28H,14H2,1-4H3/t15-,16-,26+,27?,28-/m1/s1. The highest BCUT2D eigenvalue weighted by molar-refractivity contribution is 7.15. The molecule has 2 heterocycles. The summed E-state index contributed by atoms with van der Waals surface area (Å²) in [5, 5.41) is 0.605. The highest BCUT2D eigenvalue weighted by Gasteiger charge is 2.47. The number of hydrogen-bond acceptors (Lipinski definition) is 6. The van der Waals surface area contributed by atoms with Crippen LogP contribution in [0.15, 0.2) is 54.6 Å². The second-order valence-corrected chi connectivity index (χ2v) is 10.6. The van der Waals surface area contributed by atoms with Crippen LogP contribution in [0, 0.1) is 11.7 Å². The third kappa shape index (κ3) is 5.97. The zero-order valence-corrected chi connectivity index (χ0v) is 22.1. The Morgan fingerprint density at radius 2 is 1.64 bits per heavy atom. The SMILES string of the molecule is CC(=O)O[C@H]1[C@H](C)[C@@H](C)OC(c2ccc(Cl)c(Cc3ccc(-c4ccc(F)cc4)s3)c2)[C@@H]1OC(C)=O. The van der Waals surface area contributed by atoms with Gasteiger partial charge in [0.15, 0.2) is 6.10 Å². The molecule has 1 aromatic heterocycles. The largest absolute Gasteiger partial charge is 0.458 e. The van der Waals surface area contributed by atoms with Crippen LogP contribution in [0.25, 0.3) is 10.4 Å². The van der Waals surface area contributed by atoms with Crippen LogP contribution in [0.2, 0.25) is 5.02 Å². The summed E-state index contributed by atoms with van der Waals surface area (Å²) in [4.78, 5) is 25.9. The third-order valence-corrected chi connectivity index (χ3v) is 7.90. The molecule has 0 amide bonds. The Balaban J connectivity index is 1.62. The van der Waals surface area contributed by atoms with Crippen molar-refractivity contribution in [2.24, 2.45) is 5.92 Å². The summed E-state index contributed by atoms with van der Waals surface area (Å²) in [6, 6.07) is 16.1. The van der Waals surface area contributed by atoms with Gasteiger partial charge in [0, 0.05) is 41.0 Å². The fourth-order valence-corrected chi connectivity index (χ4v) is 5.68. The molecule has 0 N–H and O–H groups in total. The van der Waals surface area contributed by atoms with Crippen LogP contribution < -0.4 is 0 Å². The molecule has 0 radical (unpaired) electrons. The molecular formula is C28H28ClFO5S. The van der Waals surface area contributed by atoms with E-state index < -0.39 is 30.3 Å². The average Bonchev–Trinajstić information content (AvgIpc) is 3.28. The maximum atomic E-state index is 13.3. The summed E-state index contributed by atoms with van der Waals surface area (Å²) in [6.07, 6.45) is -1.71. The van der Waals surface area contributed by atoms with Crippen LogP contribution in [0.1, 0.15) is 49.8 Å². The van der Waals surface area contributed by atoms with E-state index in [0.29, 0.717) is 11.4 Å². The van der Waals surface area contributed by atoms with Gasteiger partial charge in [0.05, 0.1) is 6.10 Å². The Kier molecular flexibility index (Phi) is 8.13. The van der Waals surface area contributed by atoms with Gasteiger partial charge in [0.25, 0.3) is 0 Å². The van der Waals surface area contributed by atoms with Gasteiger partial charge in [-0.15, -0.1) is 11.3 Å². The molecule has 1 aliphatic heterocycles. The van der Waals surface area contributed by atoms with Crippen molar-refractivity contribution in [2.45, 2.75) is 58.5 Å². The van der Waals surface area contributed by atoms with Crippen LogP contribution in [-0.2, 0) is 30.2 Å². The number of halogens is 2. The zero-order valence-electron chi connectivity index (χ0n) is 20.5. The molecule has 8 heteroatoms. The van der Waals surface area contributed by atoms with E-state index in [4.69, 9.17) is 25.8 Å². The fraction of sp³-hybridized carbons (Fsp3) is 0.357. The first-order valence-electron chi connectivity index (χ1n) is 11.7. The van der Waals surface area contributed by atoms with Gasteiger partial charge in [-0.1, -0.05) is 42.8 Å². The lowest BCUT2D eigenvalue weighted by atomic mass is 9.85. The van der Waals surface area contributed by atoms with Crippen molar-refractivity contribution < 1.29 is 28.2 Å². The van der Waals surface area contributed by atoms with E-state index in [-0.39, 0.29) is 17.8 Å². The van der Waals surface area contributed by atoms with E-state index in [1.54, 1.807) is 29.5 Å². The predicted molar refractivity (Wildman–Crippen MR) is 138 cm³/mol. The van der Waals surface area contributed by atoms with Gasteiger partial charge >= 0.3 is 11.9 Å². The number of thiophene rings is 1. The summed E-state index contributed by atoms with van der Waals surface area (Å²) in [5.41, 5.74) is 2.63. The number of rotatable bonds is 6. The summed E-state index contributed by atoms with van der Waals surface area (Å²) in [6.45, 7) is 6.49. The predicted octanol–water partition coefficient (Wildman–Crippen LogP) is 6.76. The molecule has 190 valence electrons. The van der Waals surface area contributed by atoms with Crippen molar-refractivity contribution in [3.63, 3.8) is 0 Å². The quantitative estimate of drug-likeness (QED) is 0.330. The lowest BCUT2D eigenvalue weighted by molar-refractivity contribution is -0.222. The molecule has 5 nitrogen and oxygen atoms in total. The van der Waals surface area contributed by atoms with Gasteiger partial charge in [-0.25, -0.2) is 4.39 Å². The van der Waals surface area contributed by atoms with Gasteiger partial charge in [-0.2, -0.15) is 0 Å². The molecule has 2 aromatic carbocycles. The van der Waals surface area contributed by atoms with Crippen molar-refractivity contribution in [1.29, 1.82) is 0 Å². The molecule has 0 aliphatic carbocycles. The first kappa shape index (κ1) is 26.3. The van der Waals surface area contributed by atoms with E-state index in [0.717, 1.165) is 26.4 Å². The van der Waals surface area contributed by atoms with Crippen LogP contribution in [0.5, 0.6) is 0 Å². The van der Waals surface area contributed by atoms with Crippen LogP contribution in [-0.4, -0.2) is 30.3 Å². The molecule has 1 fully saturated rings. The smallest absolute Gasteiger partial charge is 0.303 e. The molecule has 1 unspecified atom stereocenters. The van der Waals surface area contributed by atoms with Crippen LogP contribution in [0.4, 0.5) is 4.39 Å². The van der Waals surface area contributed by atoms with Gasteiger partial charge in [-0.05, 0) is 53.9 Å². The second-order valence-electron chi connectivity index (χ2n) is 9.07. The number of benzene rings is 2. The number of carbonyl (C=O) groups excluding carboxylic acids is 2. The van der Waals surface area contributed by atoms with Crippen molar-refractivity contribution in [1.82, 2.24) is 0 Å². The lowest BCUT2D eigenvalue weighted by Crippen LogP contribution is -2.52. The molecule has 36 heavy (non-hydrogen) atoms. The minimum atomic E-state index is -0.793. The van der Waals surface area contributed by atoms with Gasteiger partial charge in [0.1, 0.15) is 18.0 Å². The second kappa shape index (κ2) is 11.1. The first-order chi connectivity index (χ1) is 17.1. The Labute approximate surface area is 219 Å². The minimum absolute atomic E-state index is 0.169. The number of ether oxygens (including phenoxy) is 3. The fourth-order valence-electron chi connectivity index (χ4n) is 4.46. The summed E-state index contributed by atoms with van der Waals surface area (Å²) < 4.78 is 30.8. The molecule has 5 atom stereocenters. The molecule has 4 rings (SSSR count). The van der Waals surface area contributed by atoms with E-state index in [1.165, 1.54) is 26.0 Å². The topological polar surface area (TPSA) is 61.8 Å². The maximum Gasteiger partial charge on any atom is 0.303 e. The van der Waals surface area contributed by atoms with E-state index >= 15 is 0 Å². The Morgan fingerprint density at radius 3 is 2.31 bits per heavy atom. The maximum absolute atomic E-state index is 13.3. The van der Waals surface area contributed by atoms with Crippen LogP contribution in [0.3, 0.4) is 0 Å². The Morgan fingerprint density at radius 1 is 0.972 bits per heavy atom. The Bertz CT molecular complexity index is 1240.